The monoisotopic (exact) mass is 426 g/mol. The maximum atomic E-state index is 12.5. The molecule has 1 aliphatic heterocycles. The maximum Gasteiger partial charge on any atom is 0.434 e. The second-order valence-corrected chi connectivity index (χ2v) is 7.07. The summed E-state index contributed by atoms with van der Waals surface area (Å²) < 4.78 is 78.9. The number of aromatic nitrogens is 2. The van der Waals surface area contributed by atoms with Crippen LogP contribution in [0, 0.1) is 11.3 Å². The SMILES string of the molecule is O=C(Nc1cncnc1)[C@@H]1CC12CCN(C(=O)OC(C(F)(F)F)C(F)(F)F)CC2. The fourth-order valence-electron chi connectivity index (χ4n) is 3.49. The van der Waals surface area contributed by atoms with E-state index in [-0.39, 0.29) is 37.8 Å². The van der Waals surface area contributed by atoms with Crippen LogP contribution >= 0.6 is 0 Å². The van der Waals surface area contributed by atoms with Gasteiger partial charge in [0.25, 0.3) is 6.10 Å². The summed E-state index contributed by atoms with van der Waals surface area (Å²) in [5, 5.41) is 2.65. The van der Waals surface area contributed by atoms with Gasteiger partial charge in [-0.1, -0.05) is 0 Å². The molecule has 1 aliphatic carbocycles. The Morgan fingerprint density at radius 1 is 1.10 bits per heavy atom. The highest BCUT2D eigenvalue weighted by Crippen LogP contribution is 2.59. The number of hydrogen-bond acceptors (Lipinski definition) is 5. The first kappa shape index (κ1) is 21.1. The van der Waals surface area contributed by atoms with E-state index in [1.54, 1.807) is 0 Å². The summed E-state index contributed by atoms with van der Waals surface area (Å²) in [7, 11) is 0. The summed E-state index contributed by atoms with van der Waals surface area (Å²) >= 11 is 0. The lowest BCUT2D eigenvalue weighted by Crippen LogP contribution is -2.49. The highest BCUT2D eigenvalue weighted by atomic mass is 19.4. The van der Waals surface area contributed by atoms with Crippen molar-refractivity contribution in [2.24, 2.45) is 11.3 Å². The highest BCUT2D eigenvalue weighted by molar-refractivity contribution is 5.94. The molecule has 2 amide bonds. The first-order valence-corrected chi connectivity index (χ1v) is 8.57. The van der Waals surface area contributed by atoms with E-state index in [4.69, 9.17) is 0 Å². The summed E-state index contributed by atoms with van der Waals surface area (Å²) in [6.07, 6.45) is -12.2. The molecule has 29 heavy (non-hydrogen) atoms. The molecule has 1 saturated carbocycles. The number of hydrogen-bond donors (Lipinski definition) is 1. The van der Waals surface area contributed by atoms with Gasteiger partial charge in [0.15, 0.2) is 0 Å². The van der Waals surface area contributed by atoms with E-state index >= 15 is 0 Å². The zero-order valence-electron chi connectivity index (χ0n) is 14.8. The summed E-state index contributed by atoms with van der Waals surface area (Å²) in [5.41, 5.74) is -0.0184. The lowest BCUT2D eigenvalue weighted by Gasteiger charge is -2.33. The predicted molar refractivity (Wildman–Crippen MR) is 84.4 cm³/mol. The van der Waals surface area contributed by atoms with E-state index in [1.165, 1.54) is 18.7 Å². The Hall–Kier alpha value is -2.60. The minimum atomic E-state index is -5.76. The van der Waals surface area contributed by atoms with Gasteiger partial charge in [-0.25, -0.2) is 14.8 Å². The van der Waals surface area contributed by atoms with Crippen LogP contribution in [0.4, 0.5) is 36.8 Å². The second-order valence-electron chi connectivity index (χ2n) is 7.07. The van der Waals surface area contributed by atoms with Crippen LogP contribution in [0.2, 0.25) is 0 Å². The number of carbonyl (C=O) groups excluding carboxylic acids is 2. The molecule has 0 unspecified atom stereocenters. The number of nitrogens with one attached hydrogen (secondary N) is 1. The Balaban J connectivity index is 1.53. The van der Waals surface area contributed by atoms with Crippen molar-refractivity contribution in [1.82, 2.24) is 14.9 Å². The van der Waals surface area contributed by atoms with Crippen LogP contribution in [0.25, 0.3) is 0 Å². The average Bonchev–Trinajstić information content (AvgIpc) is 3.32. The number of carbonyl (C=O) groups is 2. The number of halogens is 6. The molecule has 3 rings (SSSR count). The molecule has 1 N–H and O–H groups in total. The van der Waals surface area contributed by atoms with Gasteiger partial charge in [0.05, 0.1) is 18.1 Å². The van der Waals surface area contributed by atoms with Gasteiger partial charge in [-0.2, -0.15) is 26.3 Å². The van der Waals surface area contributed by atoms with Crippen LogP contribution in [0.5, 0.6) is 0 Å². The van der Waals surface area contributed by atoms with Crippen molar-refractivity contribution in [3.05, 3.63) is 18.7 Å². The third kappa shape index (κ3) is 4.70. The summed E-state index contributed by atoms with van der Waals surface area (Å²) in [4.78, 5) is 32.4. The molecular formula is C16H16F6N4O3. The summed E-state index contributed by atoms with van der Waals surface area (Å²) in [6.45, 7) is -0.195. The largest absolute Gasteiger partial charge is 0.434 e. The van der Waals surface area contributed by atoms with Crippen molar-refractivity contribution >= 4 is 17.7 Å². The Kier molecular flexibility index (Phi) is 5.34. The topological polar surface area (TPSA) is 84.4 Å². The first-order chi connectivity index (χ1) is 13.4. The summed E-state index contributed by atoms with van der Waals surface area (Å²) in [6, 6.07) is 0. The molecule has 1 aromatic heterocycles. The first-order valence-electron chi connectivity index (χ1n) is 8.57. The van der Waals surface area contributed by atoms with Crippen molar-refractivity contribution in [2.75, 3.05) is 18.4 Å². The van der Waals surface area contributed by atoms with Crippen molar-refractivity contribution in [2.45, 2.75) is 37.7 Å². The number of likely N-dealkylation sites (tertiary alicyclic amines) is 1. The van der Waals surface area contributed by atoms with E-state index in [0.717, 1.165) is 4.90 Å². The fraction of sp³-hybridized carbons (Fsp3) is 0.625. The molecule has 1 aromatic rings. The van der Waals surface area contributed by atoms with Crippen LogP contribution < -0.4 is 5.32 Å². The van der Waals surface area contributed by atoms with Crippen LogP contribution in [-0.2, 0) is 9.53 Å². The number of rotatable bonds is 3. The Labute approximate surface area is 160 Å². The van der Waals surface area contributed by atoms with E-state index in [1.807, 2.05) is 0 Å². The Morgan fingerprint density at radius 3 is 2.17 bits per heavy atom. The zero-order chi connectivity index (χ0) is 21.4. The number of ether oxygens (including phenoxy) is 1. The third-order valence-corrected chi connectivity index (χ3v) is 5.17. The molecule has 1 saturated heterocycles. The molecule has 7 nitrogen and oxygen atoms in total. The smallest absolute Gasteiger partial charge is 0.426 e. The minimum Gasteiger partial charge on any atom is -0.426 e. The lowest BCUT2D eigenvalue weighted by atomic mass is 9.91. The minimum absolute atomic E-state index is 0.0977. The second kappa shape index (κ2) is 7.34. The molecule has 0 radical (unpaired) electrons. The van der Waals surface area contributed by atoms with Gasteiger partial charge >= 0.3 is 18.4 Å². The standard InChI is InChI=1S/C16H16F6N4O3/c17-15(18,19)12(16(20,21)22)29-13(28)26-3-1-14(2-4-26)5-10(14)11(27)25-9-6-23-8-24-7-9/h6-8,10,12H,1-5H2,(H,25,27)/t10-/m0/s1. The number of piperidine rings is 1. The normalized spacial score (nSPS) is 21.2. The van der Waals surface area contributed by atoms with E-state index in [2.05, 4.69) is 20.0 Å². The number of alkyl halides is 6. The van der Waals surface area contributed by atoms with Crippen molar-refractivity contribution in [1.29, 1.82) is 0 Å². The molecule has 2 fully saturated rings. The molecule has 0 aromatic carbocycles. The van der Waals surface area contributed by atoms with Gasteiger partial charge in [0.1, 0.15) is 6.33 Å². The molecule has 1 atom stereocenters. The number of anilines is 1. The van der Waals surface area contributed by atoms with Crippen molar-refractivity contribution in [3.8, 4) is 0 Å². The van der Waals surface area contributed by atoms with Crippen LogP contribution in [0.3, 0.4) is 0 Å². The van der Waals surface area contributed by atoms with Gasteiger partial charge in [-0.15, -0.1) is 0 Å². The predicted octanol–water partition coefficient (Wildman–Crippen LogP) is 3.15. The Bertz CT molecular complexity index is 748. The van der Waals surface area contributed by atoms with E-state index in [9.17, 15) is 35.9 Å². The molecule has 1 spiro atoms. The van der Waals surface area contributed by atoms with Crippen molar-refractivity contribution < 1.29 is 40.7 Å². The van der Waals surface area contributed by atoms with E-state index in [0.29, 0.717) is 12.1 Å². The number of nitrogens with zero attached hydrogens (tertiary/aromatic N) is 3. The van der Waals surface area contributed by atoms with Gasteiger partial charge in [-0.3, -0.25) is 4.79 Å². The van der Waals surface area contributed by atoms with E-state index < -0.39 is 30.0 Å². The molecule has 2 aliphatic rings. The number of amides is 2. The maximum absolute atomic E-state index is 12.5. The average molecular weight is 426 g/mol. The van der Waals surface area contributed by atoms with Gasteiger partial charge in [0.2, 0.25) is 5.91 Å². The summed E-state index contributed by atoms with van der Waals surface area (Å²) in [5.74, 6) is -0.635. The Morgan fingerprint density at radius 2 is 1.66 bits per heavy atom. The van der Waals surface area contributed by atoms with Crippen LogP contribution in [0.1, 0.15) is 19.3 Å². The van der Waals surface area contributed by atoms with Gasteiger partial charge in [-0.05, 0) is 24.7 Å². The quantitative estimate of drug-likeness (QED) is 0.751. The van der Waals surface area contributed by atoms with Crippen LogP contribution in [-0.4, -0.2) is 58.4 Å². The van der Waals surface area contributed by atoms with Crippen molar-refractivity contribution in [3.63, 3.8) is 0 Å². The third-order valence-electron chi connectivity index (χ3n) is 5.17. The van der Waals surface area contributed by atoms with Gasteiger partial charge in [0, 0.05) is 19.0 Å². The van der Waals surface area contributed by atoms with Gasteiger partial charge < -0.3 is 15.0 Å². The van der Waals surface area contributed by atoms with Crippen LogP contribution in [0.15, 0.2) is 18.7 Å². The lowest BCUT2D eigenvalue weighted by molar-refractivity contribution is -0.308. The molecule has 0 bridgehead atoms. The zero-order valence-corrected chi connectivity index (χ0v) is 14.8. The molecule has 160 valence electrons. The highest BCUT2D eigenvalue weighted by Gasteiger charge is 2.61. The molecule has 2 heterocycles. The fourth-order valence-corrected chi connectivity index (χ4v) is 3.49. The molecular weight excluding hydrogens is 410 g/mol. The molecule has 13 heteroatoms.